The van der Waals surface area contributed by atoms with Crippen LogP contribution in [0.1, 0.15) is 30.9 Å². The monoisotopic (exact) mass is 521 g/mol. The number of halogens is 2. The Bertz CT molecular complexity index is 887. The minimum Gasteiger partial charge on any atom is -0.489 e. The Morgan fingerprint density at radius 1 is 1.12 bits per heavy atom. The van der Waals surface area contributed by atoms with E-state index in [4.69, 9.17) is 16.3 Å². The third kappa shape index (κ3) is 6.69. The molecule has 5 nitrogen and oxygen atoms in total. The second kappa shape index (κ2) is 10.9. The molecule has 0 aromatic heterocycles. The lowest BCUT2D eigenvalue weighted by Crippen LogP contribution is -2.56. The Balaban J connectivity index is 1.33. The topological polar surface area (TPSA) is 48.0 Å². The first-order valence-electron chi connectivity index (χ1n) is 11.4. The molecule has 0 spiro atoms. The summed E-state index contributed by atoms with van der Waals surface area (Å²) >= 11 is 9.59. The highest BCUT2D eigenvalue weighted by molar-refractivity contribution is 9.10. The molecule has 4 rings (SSSR count). The van der Waals surface area contributed by atoms with Gasteiger partial charge in [0, 0.05) is 66.9 Å². The summed E-state index contributed by atoms with van der Waals surface area (Å²) in [4.78, 5) is 4.83. The number of aliphatic hydroxyl groups is 1. The van der Waals surface area contributed by atoms with E-state index in [1.807, 2.05) is 36.4 Å². The predicted molar refractivity (Wildman–Crippen MR) is 133 cm³/mol. The van der Waals surface area contributed by atoms with Crippen LogP contribution in [-0.2, 0) is 13.2 Å². The zero-order valence-electron chi connectivity index (χ0n) is 18.7. The summed E-state index contributed by atoms with van der Waals surface area (Å²) in [5, 5.41) is 15.4. The summed E-state index contributed by atoms with van der Waals surface area (Å²) in [7, 11) is 0. The first kappa shape index (κ1) is 24.0. The van der Waals surface area contributed by atoms with Crippen molar-refractivity contribution in [2.75, 3.05) is 39.3 Å². The maximum atomic E-state index is 11.2. The van der Waals surface area contributed by atoms with Crippen molar-refractivity contribution in [3.05, 3.63) is 63.1 Å². The molecule has 2 aromatic rings. The van der Waals surface area contributed by atoms with Crippen LogP contribution >= 0.6 is 27.5 Å². The molecule has 32 heavy (non-hydrogen) atoms. The van der Waals surface area contributed by atoms with Crippen LogP contribution in [0, 0.1) is 0 Å². The van der Waals surface area contributed by atoms with Crippen LogP contribution in [0.4, 0.5) is 0 Å². The Morgan fingerprint density at radius 3 is 2.59 bits per heavy atom. The molecule has 2 aliphatic rings. The fourth-order valence-corrected chi connectivity index (χ4v) is 5.19. The molecule has 0 amide bonds. The lowest BCUT2D eigenvalue weighted by atomic mass is 9.90. The van der Waals surface area contributed by atoms with Gasteiger partial charge in [0.15, 0.2) is 0 Å². The number of piperazine rings is 1. The molecule has 0 bridgehead atoms. The van der Waals surface area contributed by atoms with Crippen LogP contribution in [0.3, 0.4) is 0 Å². The average Bonchev–Trinajstić information content (AvgIpc) is 2.76. The van der Waals surface area contributed by atoms with E-state index < -0.39 is 5.60 Å². The highest BCUT2D eigenvalue weighted by Gasteiger charge is 2.35. The molecular weight excluding hydrogens is 490 g/mol. The third-order valence-electron chi connectivity index (χ3n) is 6.48. The molecule has 174 valence electrons. The quantitative estimate of drug-likeness (QED) is 0.568. The first-order valence-corrected chi connectivity index (χ1v) is 12.6. The molecule has 2 heterocycles. The van der Waals surface area contributed by atoms with E-state index in [1.54, 1.807) is 0 Å². The molecule has 7 heteroatoms. The molecule has 0 radical (unpaired) electrons. The lowest BCUT2D eigenvalue weighted by Gasteiger charge is -2.43. The fraction of sp³-hybridized carbons (Fsp3) is 0.520. The Kier molecular flexibility index (Phi) is 8.13. The highest BCUT2D eigenvalue weighted by atomic mass is 79.9. The number of rotatable bonds is 7. The number of benzene rings is 2. The highest BCUT2D eigenvalue weighted by Crippen LogP contribution is 2.29. The summed E-state index contributed by atoms with van der Waals surface area (Å²) in [5.41, 5.74) is 1.67. The van der Waals surface area contributed by atoms with E-state index in [0.29, 0.717) is 12.6 Å². The van der Waals surface area contributed by atoms with Gasteiger partial charge in [0.2, 0.25) is 0 Å². The van der Waals surface area contributed by atoms with Gasteiger partial charge in [0.05, 0.1) is 5.60 Å². The minimum absolute atomic E-state index is 0.496. The van der Waals surface area contributed by atoms with Crippen molar-refractivity contribution in [2.45, 2.75) is 44.6 Å². The van der Waals surface area contributed by atoms with Crippen LogP contribution in [-0.4, -0.2) is 65.8 Å². The number of ether oxygens (including phenoxy) is 1. The number of nitrogens with zero attached hydrogens (tertiary/aromatic N) is 2. The van der Waals surface area contributed by atoms with Crippen molar-refractivity contribution >= 4 is 27.5 Å². The number of hydrogen-bond acceptors (Lipinski definition) is 5. The molecule has 2 fully saturated rings. The van der Waals surface area contributed by atoms with Gasteiger partial charge < -0.3 is 15.2 Å². The van der Waals surface area contributed by atoms with Gasteiger partial charge in [-0.15, -0.1) is 0 Å². The van der Waals surface area contributed by atoms with E-state index in [-0.39, 0.29) is 0 Å². The Morgan fingerprint density at radius 2 is 1.88 bits per heavy atom. The number of nitrogens with one attached hydrogen (secondary N) is 1. The number of likely N-dealkylation sites (tertiary alicyclic amines) is 1. The summed E-state index contributed by atoms with van der Waals surface area (Å²) < 4.78 is 7.21. The fourth-order valence-electron chi connectivity index (χ4n) is 4.65. The van der Waals surface area contributed by atoms with Crippen LogP contribution in [0.5, 0.6) is 5.75 Å². The summed E-state index contributed by atoms with van der Waals surface area (Å²) in [6, 6.07) is 14.4. The zero-order valence-corrected chi connectivity index (χ0v) is 21.0. The predicted octanol–water partition coefficient (Wildman–Crippen LogP) is 4.30. The van der Waals surface area contributed by atoms with E-state index in [9.17, 15) is 5.11 Å². The van der Waals surface area contributed by atoms with Gasteiger partial charge in [-0.3, -0.25) is 9.80 Å². The summed E-state index contributed by atoms with van der Waals surface area (Å²) in [6.45, 7) is 9.13. The molecule has 2 aromatic carbocycles. The zero-order chi connectivity index (χ0) is 22.6. The summed E-state index contributed by atoms with van der Waals surface area (Å²) in [5.74, 6) is 0.902. The number of piperidine rings is 1. The first-order chi connectivity index (χ1) is 15.4. The Hall–Kier alpha value is -1.15. The van der Waals surface area contributed by atoms with Crippen LogP contribution in [0.15, 0.2) is 46.9 Å². The maximum absolute atomic E-state index is 11.2. The second-order valence-electron chi connectivity index (χ2n) is 9.26. The van der Waals surface area contributed by atoms with Crippen molar-refractivity contribution in [2.24, 2.45) is 0 Å². The molecule has 0 unspecified atom stereocenters. The van der Waals surface area contributed by atoms with Crippen LogP contribution in [0.25, 0.3) is 0 Å². The summed E-state index contributed by atoms with van der Waals surface area (Å²) in [6.07, 6.45) is 1.61. The normalized spacial score (nSPS) is 22.1. The largest absolute Gasteiger partial charge is 0.489 e. The van der Waals surface area contributed by atoms with Gasteiger partial charge in [-0.25, -0.2) is 0 Å². The van der Waals surface area contributed by atoms with Crippen molar-refractivity contribution in [1.82, 2.24) is 15.1 Å². The van der Waals surface area contributed by atoms with E-state index in [0.717, 1.165) is 85.0 Å². The van der Waals surface area contributed by atoms with Gasteiger partial charge in [0.25, 0.3) is 0 Å². The standard InChI is InChI=1S/C25H33BrClN3O2/c1-19-15-30(13-10-28-19)18-25(31)8-11-29(12-9-25)16-21-14-22(26)4-7-24(21)32-17-20-2-5-23(27)6-3-20/h2-7,14,19,28,31H,8-13,15-18H2,1H3/t19-/m0/s1. The molecule has 1 atom stereocenters. The van der Waals surface area contributed by atoms with E-state index >= 15 is 0 Å². The van der Waals surface area contributed by atoms with Gasteiger partial charge in [-0.2, -0.15) is 0 Å². The molecule has 0 saturated carbocycles. The lowest BCUT2D eigenvalue weighted by molar-refractivity contribution is -0.0504. The van der Waals surface area contributed by atoms with E-state index in [1.165, 1.54) is 0 Å². The maximum Gasteiger partial charge on any atom is 0.124 e. The van der Waals surface area contributed by atoms with Crippen molar-refractivity contribution in [3.8, 4) is 5.75 Å². The molecule has 2 aliphatic heterocycles. The second-order valence-corrected chi connectivity index (χ2v) is 10.6. The SMILES string of the molecule is C[C@H]1CN(CC2(O)CCN(Cc3cc(Br)ccc3OCc3ccc(Cl)cc3)CC2)CCN1. The average molecular weight is 523 g/mol. The number of β-amino-alcohol motifs (C(OH)–C–C–N with tert-alkyl or cyclic N) is 1. The van der Waals surface area contributed by atoms with Crippen molar-refractivity contribution in [1.29, 1.82) is 0 Å². The van der Waals surface area contributed by atoms with Crippen LogP contribution < -0.4 is 10.1 Å². The smallest absolute Gasteiger partial charge is 0.124 e. The van der Waals surface area contributed by atoms with Gasteiger partial charge in [0.1, 0.15) is 12.4 Å². The number of hydrogen-bond donors (Lipinski definition) is 2. The third-order valence-corrected chi connectivity index (χ3v) is 7.23. The Labute approximate surface area is 204 Å². The van der Waals surface area contributed by atoms with Gasteiger partial charge >= 0.3 is 0 Å². The van der Waals surface area contributed by atoms with Crippen molar-refractivity contribution < 1.29 is 9.84 Å². The molecular formula is C25H33BrClN3O2. The van der Waals surface area contributed by atoms with Gasteiger partial charge in [-0.05, 0) is 55.7 Å². The van der Waals surface area contributed by atoms with E-state index in [2.05, 4.69) is 44.0 Å². The minimum atomic E-state index is -0.585. The van der Waals surface area contributed by atoms with Crippen LogP contribution in [0.2, 0.25) is 5.02 Å². The molecule has 0 aliphatic carbocycles. The van der Waals surface area contributed by atoms with Crippen molar-refractivity contribution in [3.63, 3.8) is 0 Å². The molecule has 2 saturated heterocycles. The van der Waals surface area contributed by atoms with Gasteiger partial charge in [-0.1, -0.05) is 39.7 Å². The molecule has 2 N–H and O–H groups in total.